The number of nitrogens with one attached hydrogen (secondary N) is 1. The Bertz CT molecular complexity index is 1160. The van der Waals surface area contributed by atoms with Gasteiger partial charge in [0.1, 0.15) is 12.1 Å². The highest BCUT2D eigenvalue weighted by Gasteiger charge is 2.10. The summed E-state index contributed by atoms with van der Waals surface area (Å²) in [5.74, 6) is -0.260. The molecule has 0 radical (unpaired) electrons. The molecule has 0 bridgehead atoms. The van der Waals surface area contributed by atoms with Crippen LogP contribution >= 0.6 is 0 Å². The molecule has 2 aromatic carbocycles. The van der Waals surface area contributed by atoms with Crippen molar-refractivity contribution in [1.29, 1.82) is 0 Å². The Morgan fingerprint density at radius 3 is 2.68 bits per heavy atom. The molecule has 2 heterocycles. The number of fused-ring (bicyclic) bond motifs is 1. The van der Waals surface area contributed by atoms with Crippen LogP contribution in [0.3, 0.4) is 0 Å². The molecule has 4 rings (SSSR count). The van der Waals surface area contributed by atoms with Crippen molar-refractivity contribution in [3.05, 3.63) is 77.6 Å². The molecule has 1 amide bonds. The van der Waals surface area contributed by atoms with E-state index in [0.29, 0.717) is 0 Å². The molecule has 0 unspecified atom stereocenters. The molecule has 28 heavy (non-hydrogen) atoms. The molecule has 0 spiro atoms. The predicted molar refractivity (Wildman–Crippen MR) is 109 cm³/mol. The van der Waals surface area contributed by atoms with Gasteiger partial charge in [0.25, 0.3) is 5.91 Å². The lowest BCUT2D eigenvalue weighted by Gasteiger charge is -2.08. The number of hydrazone groups is 1. The molecule has 0 fully saturated rings. The smallest absolute Gasteiger partial charge is 0.261 e. The van der Waals surface area contributed by atoms with E-state index < -0.39 is 0 Å². The molecule has 0 aliphatic heterocycles. The number of aryl methyl sites for hydroxylation is 1. The summed E-state index contributed by atoms with van der Waals surface area (Å²) in [5, 5.41) is 12.2. The molecule has 2 aromatic heterocycles. The molecule has 7 nitrogen and oxygen atoms in total. The van der Waals surface area contributed by atoms with Crippen LogP contribution in [0.2, 0.25) is 0 Å². The van der Waals surface area contributed by atoms with Crippen molar-refractivity contribution in [3.63, 3.8) is 0 Å². The first-order valence-electron chi connectivity index (χ1n) is 8.98. The number of carbonyl (C=O) groups excluding carboxylic acids is 1. The third-order valence-corrected chi connectivity index (χ3v) is 4.59. The van der Waals surface area contributed by atoms with Crippen LogP contribution in [0.25, 0.3) is 16.7 Å². The molecular weight excluding hydrogens is 352 g/mol. The zero-order chi connectivity index (χ0) is 19.5. The lowest BCUT2D eigenvalue weighted by molar-refractivity contribution is -0.121. The summed E-state index contributed by atoms with van der Waals surface area (Å²) in [6.07, 6.45) is 1.67. The highest BCUT2D eigenvalue weighted by Crippen LogP contribution is 2.19. The van der Waals surface area contributed by atoms with Crippen LogP contribution in [0.15, 0.2) is 65.8 Å². The van der Waals surface area contributed by atoms with E-state index in [1.807, 2.05) is 62.4 Å². The molecule has 7 heteroatoms. The number of amides is 1. The molecule has 0 saturated heterocycles. The summed E-state index contributed by atoms with van der Waals surface area (Å²) < 4.78 is 3.71. The minimum Gasteiger partial charge on any atom is -0.318 e. The Balaban J connectivity index is 1.46. The van der Waals surface area contributed by atoms with Gasteiger partial charge in [-0.05, 0) is 44.2 Å². The zero-order valence-corrected chi connectivity index (χ0v) is 15.7. The maximum Gasteiger partial charge on any atom is 0.261 e. The van der Waals surface area contributed by atoms with Crippen molar-refractivity contribution >= 4 is 23.2 Å². The fourth-order valence-corrected chi connectivity index (χ4v) is 3.27. The largest absolute Gasteiger partial charge is 0.318 e. The van der Waals surface area contributed by atoms with Gasteiger partial charge >= 0.3 is 0 Å². The van der Waals surface area contributed by atoms with Gasteiger partial charge in [0, 0.05) is 22.6 Å². The lowest BCUT2D eigenvalue weighted by Crippen LogP contribution is -2.23. The van der Waals surface area contributed by atoms with Gasteiger partial charge in [-0.3, -0.25) is 4.79 Å². The SMILES string of the molecule is Cc1cc(/C=N\NC(=O)Cn2nnc3ccccc32)c(C)n1-c1ccccc1. The van der Waals surface area contributed by atoms with Crippen LogP contribution in [0, 0.1) is 13.8 Å². The van der Waals surface area contributed by atoms with E-state index in [1.54, 1.807) is 10.9 Å². The van der Waals surface area contributed by atoms with Gasteiger partial charge in [0.15, 0.2) is 0 Å². The molecule has 0 aliphatic carbocycles. The number of benzene rings is 2. The van der Waals surface area contributed by atoms with Crippen molar-refractivity contribution in [2.75, 3.05) is 0 Å². The molecule has 1 N–H and O–H groups in total. The van der Waals surface area contributed by atoms with Crippen LogP contribution in [0.1, 0.15) is 17.0 Å². The average molecular weight is 372 g/mol. The van der Waals surface area contributed by atoms with Crippen LogP contribution in [-0.4, -0.2) is 31.7 Å². The summed E-state index contributed by atoms with van der Waals surface area (Å²) >= 11 is 0. The van der Waals surface area contributed by atoms with Crippen molar-refractivity contribution < 1.29 is 4.79 Å². The Morgan fingerprint density at radius 2 is 1.86 bits per heavy atom. The van der Waals surface area contributed by atoms with Gasteiger partial charge in [0.05, 0.1) is 11.7 Å². The molecule has 0 aliphatic rings. The quantitative estimate of drug-likeness (QED) is 0.432. The van der Waals surface area contributed by atoms with Crippen LogP contribution in [-0.2, 0) is 11.3 Å². The summed E-state index contributed by atoms with van der Waals surface area (Å²) in [4.78, 5) is 12.2. The number of hydrogen-bond acceptors (Lipinski definition) is 4. The fraction of sp³-hybridized carbons (Fsp3) is 0.143. The second kappa shape index (κ2) is 7.48. The molecular formula is C21H20N6O. The van der Waals surface area contributed by atoms with E-state index in [4.69, 9.17) is 0 Å². The Hall–Kier alpha value is -3.74. The first-order chi connectivity index (χ1) is 13.6. The van der Waals surface area contributed by atoms with Gasteiger partial charge in [-0.15, -0.1) is 5.10 Å². The second-order valence-corrected chi connectivity index (χ2v) is 6.53. The van der Waals surface area contributed by atoms with Crippen molar-refractivity contribution in [2.45, 2.75) is 20.4 Å². The Morgan fingerprint density at radius 1 is 1.11 bits per heavy atom. The fourth-order valence-electron chi connectivity index (χ4n) is 3.27. The third-order valence-electron chi connectivity index (χ3n) is 4.59. The number of rotatable bonds is 5. The molecule has 0 atom stereocenters. The van der Waals surface area contributed by atoms with Crippen molar-refractivity contribution in [2.24, 2.45) is 5.10 Å². The van der Waals surface area contributed by atoms with Gasteiger partial charge in [-0.25, -0.2) is 10.1 Å². The highest BCUT2D eigenvalue weighted by atomic mass is 16.2. The van der Waals surface area contributed by atoms with Gasteiger partial charge < -0.3 is 4.57 Å². The lowest BCUT2D eigenvalue weighted by atomic mass is 10.2. The van der Waals surface area contributed by atoms with E-state index in [2.05, 4.69) is 37.5 Å². The first kappa shape index (κ1) is 17.7. The normalized spacial score (nSPS) is 11.4. The number of para-hydroxylation sites is 2. The third kappa shape index (κ3) is 3.42. The minimum absolute atomic E-state index is 0.0564. The van der Waals surface area contributed by atoms with E-state index in [-0.39, 0.29) is 12.5 Å². The van der Waals surface area contributed by atoms with Gasteiger partial charge in [0.2, 0.25) is 0 Å². The number of aromatic nitrogens is 4. The average Bonchev–Trinajstić information content (AvgIpc) is 3.23. The Kier molecular flexibility index (Phi) is 4.72. The van der Waals surface area contributed by atoms with E-state index in [9.17, 15) is 4.79 Å². The van der Waals surface area contributed by atoms with Crippen LogP contribution in [0.4, 0.5) is 0 Å². The number of carbonyl (C=O) groups is 1. The monoisotopic (exact) mass is 372 g/mol. The minimum atomic E-state index is -0.260. The van der Waals surface area contributed by atoms with Crippen LogP contribution < -0.4 is 5.43 Å². The van der Waals surface area contributed by atoms with E-state index >= 15 is 0 Å². The number of nitrogens with zero attached hydrogens (tertiary/aromatic N) is 5. The maximum atomic E-state index is 12.2. The maximum absolute atomic E-state index is 12.2. The van der Waals surface area contributed by atoms with Gasteiger partial charge in [-0.1, -0.05) is 35.5 Å². The van der Waals surface area contributed by atoms with Gasteiger partial charge in [-0.2, -0.15) is 5.10 Å². The summed E-state index contributed by atoms with van der Waals surface area (Å²) in [5.41, 5.74) is 8.34. The topological polar surface area (TPSA) is 77.1 Å². The first-order valence-corrected chi connectivity index (χ1v) is 8.98. The zero-order valence-electron chi connectivity index (χ0n) is 15.7. The van der Waals surface area contributed by atoms with E-state index in [0.717, 1.165) is 33.7 Å². The molecule has 4 aromatic rings. The molecule has 140 valence electrons. The summed E-state index contributed by atoms with van der Waals surface area (Å²) in [6.45, 7) is 4.14. The summed E-state index contributed by atoms with van der Waals surface area (Å²) in [7, 11) is 0. The van der Waals surface area contributed by atoms with Crippen molar-refractivity contribution in [1.82, 2.24) is 25.0 Å². The summed E-state index contributed by atoms with van der Waals surface area (Å²) in [6, 6.07) is 19.7. The number of hydrogen-bond donors (Lipinski definition) is 1. The second-order valence-electron chi connectivity index (χ2n) is 6.53. The predicted octanol–water partition coefficient (Wildman–Crippen LogP) is 2.99. The van der Waals surface area contributed by atoms with E-state index in [1.165, 1.54) is 0 Å². The molecule has 0 saturated carbocycles. The standard InChI is InChI=1S/C21H20N6O/c1-15-12-17(16(2)27(15)18-8-4-3-5-9-18)13-22-24-21(28)14-26-20-11-7-6-10-19(20)23-25-26/h3-13H,14H2,1-2H3,(H,24,28)/b22-13-. The van der Waals surface area contributed by atoms with Crippen molar-refractivity contribution in [3.8, 4) is 5.69 Å². The highest BCUT2D eigenvalue weighted by molar-refractivity contribution is 5.84. The Labute approximate surface area is 162 Å². The van der Waals surface area contributed by atoms with Crippen LogP contribution in [0.5, 0.6) is 0 Å².